The standard InChI is InChI=1S/C6H8N4O3/c7-4(12)1-10-3(2-11)5(8)9-6(10)13/h2H,1,8H2,(H2,7,12)(H,9,13). The number of nitrogens with two attached hydrogens (primary N) is 2. The summed E-state index contributed by atoms with van der Waals surface area (Å²) in [6.45, 7) is -0.361. The Morgan fingerprint density at radius 1 is 1.62 bits per heavy atom. The third-order valence-corrected chi connectivity index (χ3v) is 1.48. The summed E-state index contributed by atoms with van der Waals surface area (Å²) < 4.78 is 0.880. The molecule has 0 aliphatic rings. The molecule has 0 unspecified atom stereocenters. The van der Waals surface area contributed by atoms with E-state index in [0.29, 0.717) is 6.29 Å². The van der Waals surface area contributed by atoms with E-state index in [2.05, 4.69) is 4.98 Å². The molecule has 0 radical (unpaired) electrons. The van der Waals surface area contributed by atoms with Crippen LogP contribution in [-0.4, -0.2) is 21.7 Å². The minimum atomic E-state index is -0.718. The van der Waals surface area contributed by atoms with Gasteiger partial charge in [0.25, 0.3) is 0 Å². The number of nitrogen functional groups attached to an aromatic ring is 1. The van der Waals surface area contributed by atoms with Crippen molar-refractivity contribution < 1.29 is 9.59 Å². The van der Waals surface area contributed by atoms with E-state index in [-0.39, 0.29) is 18.1 Å². The number of hydrogen-bond acceptors (Lipinski definition) is 4. The van der Waals surface area contributed by atoms with Gasteiger partial charge >= 0.3 is 5.69 Å². The fraction of sp³-hybridized carbons (Fsp3) is 0.167. The Hall–Kier alpha value is -2.05. The SMILES string of the molecule is NC(=O)Cn1c(C=O)c(N)[nH]c1=O. The predicted octanol–water partition coefficient (Wildman–Crippen LogP) is -1.94. The number of aromatic nitrogens is 2. The lowest BCUT2D eigenvalue weighted by molar-refractivity contribution is -0.118. The molecule has 0 saturated heterocycles. The van der Waals surface area contributed by atoms with Gasteiger partial charge in [0.2, 0.25) is 5.91 Å². The molecule has 0 spiro atoms. The second-order valence-corrected chi connectivity index (χ2v) is 2.40. The van der Waals surface area contributed by atoms with E-state index in [1.807, 2.05) is 0 Å². The fourth-order valence-electron chi connectivity index (χ4n) is 0.941. The quantitative estimate of drug-likeness (QED) is 0.472. The van der Waals surface area contributed by atoms with E-state index in [1.165, 1.54) is 0 Å². The zero-order valence-electron chi connectivity index (χ0n) is 6.61. The second-order valence-electron chi connectivity index (χ2n) is 2.40. The molecule has 0 aromatic carbocycles. The number of aldehydes is 1. The fourth-order valence-corrected chi connectivity index (χ4v) is 0.941. The minimum absolute atomic E-state index is 0.0659. The van der Waals surface area contributed by atoms with E-state index < -0.39 is 11.6 Å². The molecule has 0 bridgehead atoms. The number of anilines is 1. The number of nitrogens with one attached hydrogen (secondary N) is 1. The van der Waals surface area contributed by atoms with Crippen LogP contribution in [0.3, 0.4) is 0 Å². The highest BCUT2D eigenvalue weighted by atomic mass is 16.2. The molecule has 1 aromatic rings. The summed E-state index contributed by atoms with van der Waals surface area (Å²) in [5.41, 5.74) is 9.43. The van der Waals surface area contributed by atoms with Crippen LogP contribution in [0.2, 0.25) is 0 Å². The zero-order valence-corrected chi connectivity index (χ0v) is 6.61. The number of carbonyl (C=O) groups excluding carboxylic acids is 2. The normalized spacial score (nSPS) is 9.85. The molecule has 1 rings (SSSR count). The summed E-state index contributed by atoms with van der Waals surface area (Å²) in [7, 11) is 0. The largest absolute Gasteiger partial charge is 0.383 e. The molecule has 0 atom stereocenters. The highest BCUT2D eigenvalue weighted by molar-refractivity contribution is 5.81. The number of hydrogen-bond donors (Lipinski definition) is 3. The van der Waals surface area contributed by atoms with Crippen molar-refractivity contribution in [3.8, 4) is 0 Å². The van der Waals surface area contributed by atoms with Crippen LogP contribution in [0.1, 0.15) is 10.5 Å². The Kier molecular flexibility index (Phi) is 2.18. The highest BCUT2D eigenvalue weighted by Gasteiger charge is 2.11. The molecule has 0 fully saturated rings. The molecular formula is C6H8N4O3. The van der Waals surface area contributed by atoms with Gasteiger partial charge in [-0.3, -0.25) is 19.1 Å². The summed E-state index contributed by atoms with van der Waals surface area (Å²) in [5, 5.41) is 0. The van der Waals surface area contributed by atoms with Crippen LogP contribution in [0.25, 0.3) is 0 Å². The topological polar surface area (TPSA) is 124 Å². The van der Waals surface area contributed by atoms with Crippen LogP contribution in [0, 0.1) is 0 Å². The van der Waals surface area contributed by atoms with Crippen LogP contribution in [0.4, 0.5) is 5.82 Å². The summed E-state index contributed by atoms with van der Waals surface area (Å²) in [6.07, 6.45) is 0.385. The Bertz CT molecular complexity index is 403. The van der Waals surface area contributed by atoms with Crippen molar-refractivity contribution in [3.05, 3.63) is 16.2 Å². The van der Waals surface area contributed by atoms with Gasteiger partial charge in [-0.2, -0.15) is 0 Å². The van der Waals surface area contributed by atoms with Crippen molar-refractivity contribution in [2.45, 2.75) is 6.54 Å². The smallest absolute Gasteiger partial charge is 0.328 e. The maximum Gasteiger partial charge on any atom is 0.328 e. The number of H-pyrrole nitrogens is 1. The molecule has 70 valence electrons. The molecule has 0 aliphatic carbocycles. The first-order chi connectivity index (χ1) is 6.06. The average molecular weight is 184 g/mol. The lowest BCUT2D eigenvalue weighted by Gasteiger charge is -1.97. The van der Waals surface area contributed by atoms with Crippen molar-refractivity contribution in [1.82, 2.24) is 9.55 Å². The van der Waals surface area contributed by atoms with Crippen LogP contribution in [0.5, 0.6) is 0 Å². The first kappa shape index (κ1) is 9.04. The number of nitrogens with zero attached hydrogens (tertiary/aromatic N) is 1. The van der Waals surface area contributed by atoms with Crippen LogP contribution in [0.15, 0.2) is 4.79 Å². The predicted molar refractivity (Wildman–Crippen MR) is 44.0 cm³/mol. The van der Waals surface area contributed by atoms with Crippen molar-refractivity contribution in [2.24, 2.45) is 5.73 Å². The first-order valence-corrected chi connectivity index (χ1v) is 3.38. The molecular weight excluding hydrogens is 176 g/mol. The van der Waals surface area contributed by atoms with Gasteiger partial charge in [-0.15, -0.1) is 0 Å². The van der Waals surface area contributed by atoms with E-state index in [1.54, 1.807) is 0 Å². The van der Waals surface area contributed by atoms with Crippen molar-refractivity contribution in [1.29, 1.82) is 0 Å². The van der Waals surface area contributed by atoms with Gasteiger partial charge in [0.1, 0.15) is 18.1 Å². The van der Waals surface area contributed by atoms with Gasteiger partial charge in [0.05, 0.1) is 0 Å². The van der Waals surface area contributed by atoms with Gasteiger partial charge in [0.15, 0.2) is 6.29 Å². The molecule has 0 saturated carbocycles. The second kappa shape index (κ2) is 3.13. The molecule has 1 amide bonds. The highest BCUT2D eigenvalue weighted by Crippen LogP contribution is 2.01. The van der Waals surface area contributed by atoms with Gasteiger partial charge in [-0.25, -0.2) is 4.79 Å². The number of carbonyl (C=O) groups is 2. The Balaban J connectivity index is 3.25. The summed E-state index contributed by atoms with van der Waals surface area (Å²) in [6, 6.07) is 0. The monoisotopic (exact) mass is 184 g/mol. The lowest BCUT2D eigenvalue weighted by Crippen LogP contribution is -2.27. The Morgan fingerprint density at radius 3 is 2.69 bits per heavy atom. The third-order valence-electron chi connectivity index (χ3n) is 1.48. The summed E-state index contributed by atoms with van der Waals surface area (Å²) in [5.74, 6) is -0.787. The van der Waals surface area contributed by atoms with Crippen molar-refractivity contribution in [3.63, 3.8) is 0 Å². The van der Waals surface area contributed by atoms with Crippen LogP contribution in [-0.2, 0) is 11.3 Å². The Morgan fingerprint density at radius 2 is 2.23 bits per heavy atom. The third kappa shape index (κ3) is 1.58. The van der Waals surface area contributed by atoms with Crippen molar-refractivity contribution in [2.75, 3.05) is 5.73 Å². The molecule has 7 heteroatoms. The van der Waals surface area contributed by atoms with Gasteiger partial charge in [-0.05, 0) is 0 Å². The maximum atomic E-state index is 11.0. The number of aromatic amines is 1. The summed E-state index contributed by atoms with van der Waals surface area (Å²) in [4.78, 5) is 34.1. The number of imidazole rings is 1. The lowest BCUT2D eigenvalue weighted by atomic mass is 10.4. The number of rotatable bonds is 3. The zero-order chi connectivity index (χ0) is 10.0. The van der Waals surface area contributed by atoms with Crippen LogP contribution >= 0.6 is 0 Å². The van der Waals surface area contributed by atoms with E-state index in [0.717, 1.165) is 4.57 Å². The van der Waals surface area contributed by atoms with Gasteiger partial charge in [0, 0.05) is 0 Å². The molecule has 7 nitrogen and oxygen atoms in total. The van der Waals surface area contributed by atoms with Gasteiger partial charge in [-0.1, -0.05) is 0 Å². The van der Waals surface area contributed by atoms with Crippen molar-refractivity contribution >= 4 is 18.0 Å². The van der Waals surface area contributed by atoms with Crippen LogP contribution < -0.4 is 17.2 Å². The van der Waals surface area contributed by atoms with Gasteiger partial charge < -0.3 is 11.5 Å². The minimum Gasteiger partial charge on any atom is -0.383 e. The molecule has 1 heterocycles. The summed E-state index contributed by atoms with van der Waals surface area (Å²) >= 11 is 0. The maximum absolute atomic E-state index is 11.0. The van der Waals surface area contributed by atoms with E-state index >= 15 is 0 Å². The van der Waals surface area contributed by atoms with E-state index in [9.17, 15) is 14.4 Å². The van der Waals surface area contributed by atoms with E-state index in [4.69, 9.17) is 11.5 Å². The molecule has 1 aromatic heterocycles. The Labute approximate surface area is 72.3 Å². The number of amides is 1. The molecule has 5 N–H and O–H groups in total. The number of primary amides is 1. The average Bonchev–Trinajstić information content (AvgIpc) is 2.26. The molecule has 0 aliphatic heterocycles. The first-order valence-electron chi connectivity index (χ1n) is 3.38. The molecule has 13 heavy (non-hydrogen) atoms.